The Hall–Kier alpha value is -2.28. The van der Waals surface area contributed by atoms with E-state index >= 15 is 0 Å². The summed E-state index contributed by atoms with van der Waals surface area (Å²) >= 11 is 0. The highest BCUT2D eigenvalue weighted by Crippen LogP contribution is 2.21. The molecule has 0 radical (unpaired) electrons. The van der Waals surface area contributed by atoms with Crippen molar-refractivity contribution in [2.75, 3.05) is 25.6 Å². The summed E-state index contributed by atoms with van der Waals surface area (Å²) in [5.41, 5.74) is 3.01. The molecule has 0 aliphatic heterocycles. The third-order valence-electron chi connectivity index (χ3n) is 4.38. The van der Waals surface area contributed by atoms with Gasteiger partial charge in [0.2, 0.25) is 0 Å². The van der Waals surface area contributed by atoms with Crippen molar-refractivity contribution in [2.45, 2.75) is 46.5 Å². The average Bonchev–Trinajstić information content (AvgIpc) is 2.60. The summed E-state index contributed by atoms with van der Waals surface area (Å²) in [6.45, 7) is 13.9. The first kappa shape index (κ1) is 20.8. The molecular weight excluding hydrogens is 312 g/mol. The zero-order valence-corrected chi connectivity index (χ0v) is 16.1. The lowest BCUT2D eigenvalue weighted by Crippen LogP contribution is -2.14. The Kier molecular flexibility index (Phi) is 8.77. The summed E-state index contributed by atoms with van der Waals surface area (Å²) in [4.78, 5) is 17.6. The van der Waals surface area contributed by atoms with E-state index in [0.717, 1.165) is 42.5 Å². The summed E-state index contributed by atoms with van der Waals surface area (Å²) in [7, 11) is 3.96. The van der Waals surface area contributed by atoms with Gasteiger partial charge >= 0.3 is 5.97 Å². The maximum atomic E-state index is 12.2. The molecule has 0 N–H and O–H groups in total. The number of carbonyl (C=O) groups is 1. The third-order valence-corrected chi connectivity index (χ3v) is 4.38. The van der Waals surface area contributed by atoms with E-state index < -0.39 is 5.97 Å². The van der Waals surface area contributed by atoms with Crippen LogP contribution < -0.4 is 4.90 Å². The largest absolute Gasteiger partial charge is 0.470 e. The zero-order chi connectivity index (χ0) is 18.8. The van der Waals surface area contributed by atoms with Gasteiger partial charge in [0.05, 0.1) is 13.2 Å². The number of nitrogens with zero attached hydrogens (tertiary/aromatic N) is 2. The fraction of sp³-hybridized carbons (Fsp3) is 0.524. The highest BCUT2D eigenvalue weighted by molar-refractivity contribution is 5.95. The van der Waals surface area contributed by atoms with Gasteiger partial charge < -0.3 is 9.64 Å². The standard InChI is InChI=1S/C21H30N2O2/c1-7-9-10-17(8-2)15-25-21(24)20(22-4)14-18-11-12-19(23(5)6)13-16(18)3/h11-14,17H,7-10,15H2,1-3,5-6H3/b20-14+. The first-order valence-corrected chi connectivity index (χ1v) is 8.97. The van der Waals surface area contributed by atoms with E-state index in [-0.39, 0.29) is 5.70 Å². The van der Waals surface area contributed by atoms with Gasteiger partial charge in [0.25, 0.3) is 5.70 Å². The Morgan fingerprint density at radius 1 is 1.36 bits per heavy atom. The number of esters is 1. The summed E-state index contributed by atoms with van der Waals surface area (Å²) in [5.74, 6) is -0.155. The Morgan fingerprint density at radius 2 is 2.08 bits per heavy atom. The molecular formula is C21H30N2O2. The van der Waals surface area contributed by atoms with E-state index in [1.807, 2.05) is 44.1 Å². The number of ether oxygens (including phenoxy) is 1. The molecule has 1 unspecified atom stereocenters. The van der Waals surface area contributed by atoms with Crippen LogP contribution >= 0.6 is 0 Å². The number of benzene rings is 1. The van der Waals surface area contributed by atoms with Crippen LogP contribution in [0.5, 0.6) is 0 Å². The van der Waals surface area contributed by atoms with Gasteiger partial charge in [-0.3, -0.25) is 4.79 Å². The maximum absolute atomic E-state index is 12.2. The molecule has 1 aromatic carbocycles. The topological polar surface area (TPSA) is 33.9 Å². The quantitative estimate of drug-likeness (QED) is 0.356. The van der Waals surface area contributed by atoms with Crippen LogP contribution in [-0.2, 0) is 9.53 Å². The van der Waals surface area contributed by atoms with E-state index in [0.29, 0.717) is 12.5 Å². The van der Waals surface area contributed by atoms with Gasteiger partial charge in [-0.1, -0.05) is 39.2 Å². The van der Waals surface area contributed by atoms with Gasteiger partial charge in [0.1, 0.15) is 0 Å². The molecule has 25 heavy (non-hydrogen) atoms. The minimum atomic E-state index is -0.527. The molecule has 0 saturated carbocycles. The van der Waals surface area contributed by atoms with Crippen molar-refractivity contribution in [2.24, 2.45) is 5.92 Å². The Bertz CT molecular complexity index is 642. The van der Waals surface area contributed by atoms with Crippen LogP contribution in [0.25, 0.3) is 10.9 Å². The van der Waals surface area contributed by atoms with Crippen molar-refractivity contribution in [3.63, 3.8) is 0 Å². The number of aryl methyl sites for hydroxylation is 1. The second-order valence-electron chi connectivity index (χ2n) is 6.59. The minimum absolute atomic E-state index is 0.0334. The van der Waals surface area contributed by atoms with Crippen LogP contribution in [0.15, 0.2) is 23.9 Å². The van der Waals surface area contributed by atoms with Crippen molar-refractivity contribution < 1.29 is 9.53 Å². The molecule has 0 aromatic heterocycles. The zero-order valence-electron chi connectivity index (χ0n) is 16.1. The fourth-order valence-corrected chi connectivity index (χ4v) is 2.55. The van der Waals surface area contributed by atoms with E-state index in [4.69, 9.17) is 11.3 Å². The SMILES string of the molecule is [C-]#[N+]/C(=C/c1ccc(N(C)C)cc1C)C(=O)OCC(CC)CCCC. The van der Waals surface area contributed by atoms with Gasteiger partial charge in [0.15, 0.2) is 0 Å². The van der Waals surface area contributed by atoms with Crippen molar-refractivity contribution in [3.8, 4) is 0 Å². The predicted molar refractivity (Wildman–Crippen MR) is 104 cm³/mol. The van der Waals surface area contributed by atoms with Crippen LogP contribution in [0.3, 0.4) is 0 Å². The van der Waals surface area contributed by atoms with Crippen LogP contribution in [0.4, 0.5) is 5.69 Å². The predicted octanol–water partition coefficient (Wildman–Crippen LogP) is 5.08. The molecule has 4 heteroatoms. The fourth-order valence-electron chi connectivity index (χ4n) is 2.55. The summed E-state index contributed by atoms with van der Waals surface area (Å²) in [6, 6.07) is 5.94. The second kappa shape index (κ2) is 10.6. The van der Waals surface area contributed by atoms with Gasteiger partial charge in [-0.25, -0.2) is 4.85 Å². The average molecular weight is 342 g/mol. The van der Waals surface area contributed by atoms with Gasteiger partial charge in [0, 0.05) is 19.8 Å². The van der Waals surface area contributed by atoms with Crippen molar-refractivity contribution in [1.29, 1.82) is 0 Å². The summed E-state index contributed by atoms with van der Waals surface area (Å²) in [6.07, 6.45) is 5.94. The normalized spacial score (nSPS) is 12.4. The molecule has 1 atom stereocenters. The van der Waals surface area contributed by atoms with Gasteiger partial charge in [-0.15, -0.1) is 0 Å². The first-order chi connectivity index (χ1) is 11.9. The Morgan fingerprint density at radius 3 is 2.60 bits per heavy atom. The summed E-state index contributed by atoms with van der Waals surface area (Å²) in [5, 5.41) is 0. The molecule has 0 aliphatic rings. The Balaban J connectivity index is 2.82. The molecule has 1 rings (SSSR count). The lowest BCUT2D eigenvalue weighted by Gasteiger charge is -2.15. The molecule has 136 valence electrons. The first-order valence-electron chi connectivity index (χ1n) is 8.97. The van der Waals surface area contributed by atoms with Crippen LogP contribution in [-0.4, -0.2) is 26.7 Å². The Labute approximate surface area is 152 Å². The van der Waals surface area contributed by atoms with Crippen LogP contribution in [0.1, 0.15) is 50.7 Å². The molecule has 0 aliphatic carbocycles. The van der Waals surface area contributed by atoms with Gasteiger partial charge in [-0.05, 0) is 48.6 Å². The molecule has 4 nitrogen and oxygen atoms in total. The van der Waals surface area contributed by atoms with Crippen LogP contribution in [0, 0.1) is 19.4 Å². The molecule has 0 heterocycles. The lowest BCUT2D eigenvalue weighted by molar-refractivity contribution is -0.140. The third kappa shape index (κ3) is 6.62. The number of carbonyl (C=O) groups excluding carboxylic acids is 1. The van der Waals surface area contributed by atoms with Crippen molar-refractivity contribution in [3.05, 3.63) is 46.4 Å². The summed E-state index contributed by atoms with van der Waals surface area (Å²) < 4.78 is 5.39. The highest BCUT2D eigenvalue weighted by atomic mass is 16.5. The van der Waals surface area contributed by atoms with Crippen molar-refractivity contribution >= 4 is 17.7 Å². The molecule has 0 spiro atoms. The second-order valence-corrected chi connectivity index (χ2v) is 6.59. The molecule has 0 saturated heterocycles. The van der Waals surface area contributed by atoms with E-state index in [1.54, 1.807) is 6.08 Å². The monoisotopic (exact) mass is 342 g/mol. The number of hydrogen-bond donors (Lipinski definition) is 0. The molecule has 0 bridgehead atoms. The van der Waals surface area contributed by atoms with Crippen molar-refractivity contribution in [1.82, 2.24) is 0 Å². The van der Waals surface area contributed by atoms with Gasteiger partial charge in [-0.2, -0.15) is 0 Å². The smallest absolute Gasteiger partial charge is 0.336 e. The molecule has 0 fully saturated rings. The maximum Gasteiger partial charge on any atom is 0.336 e. The van der Waals surface area contributed by atoms with Crippen LogP contribution in [0.2, 0.25) is 0 Å². The minimum Gasteiger partial charge on any atom is -0.470 e. The van der Waals surface area contributed by atoms with E-state index in [1.165, 1.54) is 0 Å². The number of unbranched alkanes of at least 4 members (excludes halogenated alkanes) is 1. The van der Waals surface area contributed by atoms with E-state index in [9.17, 15) is 4.79 Å². The highest BCUT2D eigenvalue weighted by Gasteiger charge is 2.15. The van der Waals surface area contributed by atoms with E-state index in [2.05, 4.69) is 18.7 Å². The number of rotatable bonds is 9. The molecule has 0 amide bonds. The number of anilines is 1. The lowest BCUT2D eigenvalue weighted by atomic mass is 10.0. The molecule has 1 aromatic rings. The number of hydrogen-bond acceptors (Lipinski definition) is 3.